The number of benzene rings is 3. The van der Waals surface area contributed by atoms with Crippen LogP contribution < -0.4 is 24.3 Å². The van der Waals surface area contributed by atoms with Crippen molar-refractivity contribution in [3.8, 4) is 23.0 Å². The Labute approximate surface area is 256 Å². The lowest BCUT2D eigenvalue weighted by Gasteiger charge is -2.37. The number of carbonyl (C=O) groups excluding carboxylic acids is 2. The van der Waals surface area contributed by atoms with E-state index in [0.29, 0.717) is 58.6 Å². The Balaban J connectivity index is 1.26. The minimum absolute atomic E-state index is 0.0734. The van der Waals surface area contributed by atoms with E-state index in [1.54, 1.807) is 20.3 Å². The topological polar surface area (TPSA) is 83.1 Å². The molecule has 3 aliphatic rings. The highest BCUT2D eigenvalue weighted by Gasteiger charge is 2.40. The summed E-state index contributed by atoms with van der Waals surface area (Å²) in [6.07, 6.45) is 4.12. The molecule has 0 saturated carbocycles. The number of ketones is 2. The Hall–Kier alpha value is -4.23. The molecule has 0 radical (unpaired) electrons. The highest BCUT2D eigenvalue weighted by atomic mass is 35.5. The molecule has 1 N–H and O–H groups in total. The van der Waals surface area contributed by atoms with Crippen LogP contribution in [0.2, 0.25) is 5.02 Å². The maximum Gasteiger partial charge on any atom is 0.180 e. The van der Waals surface area contributed by atoms with Crippen LogP contribution >= 0.6 is 11.6 Å². The number of allylic oxidation sites excluding steroid dienone is 4. The van der Waals surface area contributed by atoms with Gasteiger partial charge < -0.3 is 24.3 Å². The van der Waals surface area contributed by atoms with Gasteiger partial charge in [-0.1, -0.05) is 48.0 Å². The van der Waals surface area contributed by atoms with Crippen molar-refractivity contribution in [1.82, 2.24) is 5.32 Å². The molecular weight excluding hydrogens is 566 g/mol. The van der Waals surface area contributed by atoms with E-state index >= 15 is 0 Å². The SMILES string of the molecule is COc1cc(COc2c(Cl)cc(C3C4=C(CCCC4=O)NC4=C3C(=O)CCC4)cc2OC)ccc1OCc1ccccc1. The predicted molar refractivity (Wildman–Crippen MR) is 164 cm³/mol. The molecule has 0 atom stereocenters. The van der Waals surface area contributed by atoms with Crippen molar-refractivity contribution in [2.45, 2.75) is 57.7 Å². The third-order valence-electron chi connectivity index (χ3n) is 8.22. The molecule has 0 amide bonds. The van der Waals surface area contributed by atoms with Crippen molar-refractivity contribution in [2.24, 2.45) is 0 Å². The van der Waals surface area contributed by atoms with Crippen LogP contribution in [0.5, 0.6) is 23.0 Å². The average Bonchev–Trinajstić information content (AvgIpc) is 3.03. The highest BCUT2D eigenvalue weighted by molar-refractivity contribution is 6.32. The zero-order valence-corrected chi connectivity index (χ0v) is 25.1. The van der Waals surface area contributed by atoms with Crippen LogP contribution in [0.25, 0.3) is 0 Å². The molecule has 43 heavy (non-hydrogen) atoms. The van der Waals surface area contributed by atoms with E-state index in [1.165, 1.54) is 0 Å². The third kappa shape index (κ3) is 5.87. The first kappa shape index (κ1) is 28.9. The number of carbonyl (C=O) groups is 2. The fourth-order valence-electron chi connectivity index (χ4n) is 6.17. The van der Waals surface area contributed by atoms with E-state index in [-0.39, 0.29) is 18.2 Å². The first-order chi connectivity index (χ1) is 21.0. The monoisotopic (exact) mass is 599 g/mol. The van der Waals surface area contributed by atoms with E-state index in [0.717, 1.165) is 53.8 Å². The number of methoxy groups -OCH3 is 2. The Kier molecular flexibility index (Phi) is 8.43. The lowest BCUT2D eigenvalue weighted by atomic mass is 9.71. The highest BCUT2D eigenvalue weighted by Crippen LogP contribution is 2.48. The van der Waals surface area contributed by atoms with Gasteiger partial charge in [0.2, 0.25) is 0 Å². The van der Waals surface area contributed by atoms with E-state index in [9.17, 15) is 9.59 Å². The molecule has 3 aromatic rings. The molecule has 8 heteroatoms. The smallest absolute Gasteiger partial charge is 0.180 e. The molecule has 3 aromatic carbocycles. The van der Waals surface area contributed by atoms with Crippen molar-refractivity contribution < 1.29 is 28.5 Å². The fraction of sp³-hybridized carbons (Fsp3) is 0.314. The lowest BCUT2D eigenvalue weighted by molar-refractivity contribution is -0.117. The van der Waals surface area contributed by atoms with Gasteiger partial charge in [0.1, 0.15) is 13.2 Å². The van der Waals surface area contributed by atoms with Crippen LogP contribution in [0.1, 0.15) is 61.1 Å². The zero-order valence-electron chi connectivity index (χ0n) is 24.3. The fourth-order valence-corrected chi connectivity index (χ4v) is 6.45. The van der Waals surface area contributed by atoms with Crippen molar-refractivity contribution in [3.05, 3.63) is 105 Å². The van der Waals surface area contributed by atoms with Gasteiger partial charge >= 0.3 is 0 Å². The van der Waals surface area contributed by atoms with Crippen molar-refractivity contribution >= 4 is 23.2 Å². The zero-order chi connectivity index (χ0) is 29.9. The number of hydrogen-bond donors (Lipinski definition) is 1. The van der Waals surface area contributed by atoms with E-state index in [2.05, 4.69) is 5.32 Å². The second kappa shape index (κ2) is 12.6. The van der Waals surface area contributed by atoms with Crippen molar-refractivity contribution in [1.29, 1.82) is 0 Å². The van der Waals surface area contributed by atoms with Crippen LogP contribution in [0.4, 0.5) is 0 Å². The van der Waals surface area contributed by atoms with Crippen molar-refractivity contribution in [3.63, 3.8) is 0 Å². The van der Waals surface area contributed by atoms with Crippen LogP contribution in [0, 0.1) is 0 Å². The number of rotatable bonds is 9. The molecule has 0 bridgehead atoms. The maximum atomic E-state index is 13.2. The summed E-state index contributed by atoms with van der Waals surface area (Å²) in [5, 5.41) is 3.80. The standard InChI is InChI=1S/C35H34ClNO6/c1-40-30-16-22(14-15-29(30)42-19-21-8-4-3-5-9-21)20-43-35-24(36)17-23(18-31(35)41-2)32-33-25(10-6-12-27(33)38)37-26-11-7-13-28(39)34(26)32/h3-5,8-9,14-18,32,37H,6-7,10-13,19-20H2,1-2H3. The molecule has 0 fully saturated rings. The minimum atomic E-state index is -0.472. The molecule has 6 rings (SSSR count). The molecule has 0 saturated heterocycles. The van der Waals surface area contributed by atoms with Gasteiger partial charge in [0.05, 0.1) is 19.2 Å². The van der Waals surface area contributed by atoms with Gasteiger partial charge in [-0.25, -0.2) is 0 Å². The van der Waals surface area contributed by atoms with Crippen LogP contribution in [-0.2, 0) is 22.8 Å². The number of Topliss-reactive ketones (excluding diaryl/α,β-unsaturated/α-hetero) is 2. The van der Waals surface area contributed by atoms with Gasteiger partial charge in [-0.05, 0) is 66.6 Å². The summed E-state index contributed by atoms with van der Waals surface area (Å²) >= 11 is 6.84. The Morgan fingerprint density at radius 1 is 0.721 bits per heavy atom. The lowest BCUT2D eigenvalue weighted by Crippen LogP contribution is -2.36. The number of ether oxygens (including phenoxy) is 4. The van der Waals surface area contributed by atoms with Gasteiger partial charge in [-0.2, -0.15) is 0 Å². The van der Waals surface area contributed by atoms with Crippen LogP contribution in [0.15, 0.2) is 83.2 Å². The number of hydrogen-bond acceptors (Lipinski definition) is 7. The first-order valence-electron chi connectivity index (χ1n) is 14.6. The number of nitrogens with one attached hydrogen (secondary N) is 1. The first-order valence-corrected chi connectivity index (χ1v) is 15.0. The number of halogens is 1. The Bertz CT molecular complexity index is 1580. The molecule has 2 aliphatic carbocycles. The van der Waals surface area contributed by atoms with Crippen LogP contribution in [0.3, 0.4) is 0 Å². The minimum Gasteiger partial charge on any atom is -0.493 e. The normalized spacial score (nSPS) is 16.8. The van der Waals surface area contributed by atoms with Gasteiger partial charge in [0.15, 0.2) is 34.6 Å². The maximum absolute atomic E-state index is 13.2. The second-order valence-electron chi connectivity index (χ2n) is 11.0. The summed E-state index contributed by atoms with van der Waals surface area (Å²) in [5.41, 5.74) is 5.87. The third-order valence-corrected chi connectivity index (χ3v) is 8.51. The summed E-state index contributed by atoms with van der Waals surface area (Å²) in [6, 6.07) is 19.2. The van der Waals surface area contributed by atoms with Gasteiger partial charge in [0, 0.05) is 41.3 Å². The molecule has 7 nitrogen and oxygen atoms in total. The molecule has 1 aliphatic heterocycles. The molecule has 0 aromatic heterocycles. The van der Waals surface area contributed by atoms with Gasteiger partial charge in [-0.3, -0.25) is 9.59 Å². The van der Waals surface area contributed by atoms with Crippen molar-refractivity contribution in [2.75, 3.05) is 14.2 Å². The summed E-state index contributed by atoms with van der Waals surface area (Å²) in [7, 11) is 3.16. The quantitative estimate of drug-likeness (QED) is 0.278. The predicted octanol–water partition coefficient (Wildman–Crippen LogP) is 7.22. The number of dihydropyridines is 1. The van der Waals surface area contributed by atoms with Crippen LogP contribution in [-0.4, -0.2) is 25.8 Å². The van der Waals surface area contributed by atoms with E-state index in [4.69, 9.17) is 30.5 Å². The molecule has 222 valence electrons. The average molecular weight is 600 g/mol. The molecule has 1 heterocycles. The summed E-state index contributed by atoms with van der Waals surface area (Å²) < 4.78 is 23.5. The Morgan fingerprint density at radius 2 is 1.37 bits per heavy atom. The van der Waals surface area contributed by atoms with Gasteiger partial charge in [0.25, 0.3) is 0 Å². The molecular formula is C35H34ClNO6. The van der Waals surface area contributed by atoms with E-state index < -0.39 is 5.92 Å². The largest absolute Gasteiger partial charge is 0.493 e. The Morgan fingerprint density at radius 3 is 2.02 bits per heavy atom. The summed E-state index contributed by atoms with van der Waals surface area (Å²) in [5.74, 6) is 1.73. The molecule has 0 unspecified atom stereocenters. The van der Waals surface area contributed by atoms with E-state index in [1.807, 2.05) is 54.6 Å². The van der Waals surface area contributed by atoms with Gasteiger partial charge in [-0.15, -0.1) is 0 Å². The summed E-state index contributed by atoms with van der Waals surface area (Å²) in [6.45, 7) is 0.636. The molecule has 0 spiro atoms. The second-order valence-corrected chi connectivity index (χ2v) is 11.4. The summed E-state index contributed by atoms with van der Waals surface area (Å²) in [4.78, 5) is 26.4.